The molecule has 0 radical (unpaired) electrons. The van der Waals surface area contributed by atoms with Crippen LogP contribution in [0.15, 0.2) is 54.7 Å². The fourth-order valence-corrected chi connectivity index (χ4v) is 4.65. The highest BCUT2D eigenvalue weighted by Gasteiger charge is 2.18. The van der Waals surface area contributed by atoms with Crippen LogP contribution in [0.3, 0.4) is 0 Å². The van der Waals surface area contributed by atoms with Gasteiger partial charge in [0.25, 0.3) is 0 Å². The van der Waals surface area contributed by atoms with Gasteiger partial charge in [0.15, 0.2) is 0 Å². The lowest BCUT2D eigenvalue weighted by Crippen LogP contribution is -2.27. The molecule has 208 valence electrons. The minimum absolute atomic E-state index is 0.491. The van der Waals surface area contributed by atoms with Gasteiger partial charge in [0, 0.05) is 17.8 Å². The van der Waals surface area contributed by atoms with Crippen LogP contribution in [0.5, 0.6) is 5.75 Å². The number of benzene rings is 2. The average Bonchev–Trinajstić information content (AvgIpc) is 3.39. The predicted molar refractivity (Wildman–Crippen MR) is 158 cm³/mol. The fourth-order valence-electron chi connectivity index (χ4n) is 3.73. The molecule has 0 saturated heterocycles. The van der Waals surface area contributed by atoms with Gasteiger partial charge >= 0.3 is 12.1 Å². The highest BCUT2D eigenvalue weighted by Crippen LogP contribution is 2.35. The lowest BCUT2D eigenvalue weighted by atomic mass is 10.1. The van der Waals surface area contributed by atoms with Crippen LogP contribution in [0.25, 0.3) is 27.1 Å². The van der Waals surface area contributed by atoms with E-state index >= 15 is 0 Å². The number of amides is 1. The lowest BCUT2D eigenvalue weighted by molar-refractivity contribution is -0.134. The summed E-state index contributed by atoms with van der Waals surface area (Å²) in [7, 11) is 1.31. The first-order chi connectivity index (χ1) is 18.7. The number of hydrogen-bond acceptors (Lipinski definition) is 7. The smallest absolute Gasteiger partial charge is 0.412 e. The predicted octanol–water partition coefficient (Wildman–Crippen LogP) is 8.36. The lowest BCUT2D eigenvalue weighted by Gasteiger charge is -2.20. The van der Waals surface area contributed by atoms with Crippen LogP contribution in [0.4, 0.5) is 10.5 Å². The Balaban J connectivity index is 1.74. The summed E-state index contributed by atoms with van der Waals surface area (Å²) >= 11 is 1.55. The van der Waals surface area contributed by atoms with E-state index in [-0.39, 0.29) is 0 Å². The molecule has 1 heterocycles. The van der Waals surface area contributed by atoms with Crippen LogP contribution in [0.1, 0.15) is 65.4 Å². The zero-order valence-electron chi connectivity index (χ0n) is 23.4. The molecule has 1 N–H and O–H groups in total. The highest BCUT2D eigenvalue weighted by atomic mass is 32.1. The second-order valence-electron chi connectivity index (χ2n) is 10.1. The molecule has 3 aromatic rings. The molecule has 0 bridgehead atoms. The summed E-state index contributed by atoms with van der Waals surface area (Å²) in [5, 5.41) is 3.59. The number of nitrogens with zero attached hydrogens (tertiary/aromatic N) is 1. The molecule has 0 saturated carbocycles. The molecule has 0 aliphatic heterocycles. The average molecular weight is 551 g/mol. The van der Waals surface area contributed by atoms with E-state index < -0.39 is 17.7 Å². The fraction of sp³-hybridized carbons (Fsp3) is 0.387. The van der Waals surface area contributed by atoms with Gasteiger partial charge in [-0.3, -0.25) is 5.32 Å². The molecule has 1 aromatic heterocycles. The van der Waals surface area contributed by atoms with E-state index in [4.69, 9.17) is 9.47 Å². The number of rotatable bonds is 12. The molecule has 7 nitrogen and oxygen atoms in total. The summed E-state index contributed by atoms with van der Waals surface area (Å²) in [5.41, 5.74) is 2.36. The summed E-state index contributed by atoms with van der Waals surface area (Å²) in [6.07, 6.45) is 10.2. The van der Waals surface area contributed by atoms with Crippen LogP contribution >= 0.6 is 11.3 Å². The third-order valence-corrected chi connectivity index (χ3v) is 6.79. The minimum Gasteiger partial charge on any atom is -0.494 e. The molecule has 0 aliphatic rings. The Hall–Kier alpha value is -3.65. The molecular weight excluding hydrogens is 512 g/mol. The largest absolute Gasteiger partial charge is 0.494 e. The van der Waals surface area contributed by atoms with Gasteiger partial charge in [-0.25, -0.2) is 14.6 Å². The molecule has 2 aromatic carbocycles. The number of carbonyl (C=O) groups is 2. The first kappa shape index (κ1) is 29.9. The number of thiazole rings is 1. The summed E-state index contributed by atoms with van der Waals surface area (Å²) in [4.78, 5) is 29.7. The monoisotopic (exact) mass is 550 g/mol. The van der Waals surface area contributed by atoms with Crippen molar-refractivity contribution in [2.75, 3.05) is 19.0 Å². The van der Waals surface area contributed by atoms with Gasteiger partial charge in [-0.2, -0.15) is 0 Å². The van der Waals surface area contributed by atoms with E-state index in [9.17, 15) is 9.59 Å². The molecule has 0 unspecified atom stereocenters. The van der Waals surface area contributed by atoms with Gasteiger partial charge < -0.3 is 14.2 Å². The van der Waals surface area contributed by atoms with Gasteiger partial charge in [0.1, 0.15) is 16.4 Å². The number of methoxy groups -OCH3 is 1. The molecular formula is C31H38N2O5S. The van der Waals surface area contributed by atoms with Crippen molar-refractivity contribution in [3.05, 3.63) is 60.3 Å². The number of aromatic nitrogens is 1. The summed E-state index contributed by atoms with van der Waals surface area (Å²) in [6, 6.07) is 13.6. The van der Waals surface area contributed by atoms with Crippen molar-refractivity contribution < 1.29 is 23.8 Å². The van der Waals surface area contributed by atoms with Crippen molar-refractivity contribution in [1.29, 1.82) is 0 Å². The van der Waals surface area contributed by atoms with Gasteiger partial charge in [0.05, 0.1) is 24.3 Å². The van der Waals surface area contributed by atoms with Crippen molar-refractivity contribution in [2.45, 2.75) is 65.4 Å². The van der Waals surface area contributed by atoms with Crippen LogP contribution in [0, 0.1) is 0 Å². The molecule has 1 amide bonds. The number of nitrogens with one attached hydrogen (secondary N) is 1. The van der Waals surface area contributed by atoms with Crippen molar-refractivity contribution in [3.63, 3.8) is 0 Å². The zero-order valence-corrected chi connectivity index (χ0v) is 24.2. The molecule has 0 fully saturated rings. The van der Waals surface area contributed by atoms with Gasteiger partial charge in [-0.1, -0.05) is 44.7 Å². The van der Waals surface area contributed by atoms with Gasteiger partial charge in [-0.05, 0) is 74.7 Å². The molecule has 0 spiro atoms. The maximum atomic E-state index is 12.5. The summed E-state index contributed by atoms with van der Waals surface area (Å²) < 4.78 is 16.0. The zero-order chi connectivity index (χ0) is 28.3. The first-order valence-electron chi connectivity index (χ1n) is 13.3. The molecule has 39 heavy (non-hydrogen) atoms. The van der Waals surface area contributed by atoms with Crippen LogP contribution < -0.4 is 10.1 Å². The Bertz CT molecular complexity index is 1260. The van der Waals surface area contributed by atoms with Crippen LogP contribution in [-0.4, -0.2) is 36.4 Å². The number of anilines is 1. The summed E-state index contributed by atoms with van der Waals surface area (Å²) in [5.74, 6) is 0.377. The third kappa shape index (κ3) is 9.87. The molecule has 3 rings (SSSR count). The Morgan fingerprint density at radius 1 is 1.00 bits per heavy atom. The standard InChI is InChI=1S/C31H38N2O5S/c1-6-7-8-9-10-19-37-25-16-13-23(14-17-25)27-21-32-29(39-27)24-12-11-22(15-18-28(34)36-5)26(20-24)33-30(35)38-31(2,3)4/h11-18,20-21H,6-10,19H2,1-5H3,(H,33,35)/b18-15+. The van der Waals surface area contributed by atoms with Gasteiger partial charge in [0.2, 0.25) is 0 Å². The van der Waals surface area contributed by atoms with E-state index in [1.807, 2.05) is 48.7 Å². The van der Waals surface area contributed by atoms with Crippen LogP contribution in [0.2, 0.25) is 0 Å². The quantitative estimate of drug-likeness (QED) is 0.138. The Morgan fingerprint density at radius 2 is 1.72 bits per heavy atom. The van der Waals surface area contributed by atoms with Crippen molar-refractivity contribution in [1.82, 2.24) is 4.98 Å². The number of esters is 1. The number of hydrogen-bond donors (Lipinski definition) is 1. The topological polar surface area (TPSA) is 86.8 Å². The molecule has 0 atom stereocenters. The Labute approximate surface area is 235 Å². The van der Waals surface area contributed by atoms with Crippen molar-refractivity contribution in [2.24, 2.45) is 0 Å². The van der Waals surface area contributed by atoms with Gasteiger partial charge in [-0.15, -0.1) is 11.3 Å². The maximum Gasteiger partial charge on any atom is 0.412 e. The van der Waals surface area contributed by atoms with Crippen molar-refractivity contribution in [3.8, 4) is 26.8 Å². The van der Waals surface area contributed by atoms with E-state index in [1.54, 1.807) is 38.2 Å². The Morgan fingerprint density at radius 3 is 2.41 bits per heavy atom. The highest BCUT2D eigenvalue weighted by molar-refractivity contribution is 7.18. The number of unbranched alkanes of at least 4 members (excludes halogenated alkanes) is 4. The number of ether oxygens (including phenoxy) is 3. The Kier molecular flexibility index (Phi) is 11.1. The maximum absolute atomic E-state index is 12.5. The van der Waals surface area contributed by atoms with E-state index in [0.717, 1.165) is 39.8 Å². The van der Waals surface area contributed by atoms with E-state index in [0.29, 0.717) is 11.3 Å². The second kappa shape index (κ2) is 14.5. The van der Waals surface area contributed by atoms with Crippen molar-refractivity contribution >= 4 is 35.2 Å². The molecule has 8 heteroatoms. The third-order valence-electron chi connectivity index (χ3n) is 5.70. The molecule has 0 aliphatic carbocycles. The van der Waals surface area contributed by atoms with Crippen LogP contribution in [-0.2, 0) is 14.3 Å². The van der Waals surface area contributed by atoms with E-state index in [2.05, 4.69) is 22.0 Å². The number of carbonyl (C=O) groups excluding carboxylic acids is 2. The SMILES string of the molecule is CCCCCCCOc1ccc(-c2cnc(-c3ccc(/C=C/C(=O)OC)c(NC(=O)OC(C)(C)C)c3)s2)cc1. The second-order valence-corrected chi connectivity index (χ2v) is 11.1. The normalized spacial score (nSPS) is 11.4. The van der Waals surface area contributed by atoms with E-state index in [1.165, 1.54) is 38.9 Å². The minimum atomic E-state index is -0.650. The first-order valence-corrected chi connectivity index (χ1v) is 14.1. The summed E-state index contributed by atoms with van der Waals surface area (Å²) in [6.45, 7) is 8.34.